The molecule has 90 valence electrons. The third-order valence-electron chi connectivity index (χ3n) is 2.31. The van der Waals surface area contributed by atoms with Gasteiger partial charge in [-0.15, -0.1) is 0 Å². The molecule has 4 nitrogen and oxygen atoms in total. The number of nitrogen functional groups attached to an aromatic ring is 1. The Hall–Kier alpha value is -1.26. The van der Waals surface area contributed by atoms with Gasteiger partial charge in [-0.1, -0.05) is 0 Å². The van der Waals surface area contributed by atoms with Crippen LogP contribution in [0.1, 0.15) is 6.42 Å². The van der Waals surface area contributed by atoms with Crippen LogP contribution in [0, 0.1) is 0 Å². The number of likely N-dealkylation sites (N-methyl/N-ethyl adjacent to an activating group) is 1. The Bertz CT molecular complexity index is 288. The monoisotopic (exact) mass is 224 g/mol. The highest BCUT2D eigenvalue weighted by atomic mass is 16.5. The smallest absolute Gasteiger partial charge is 0.119 e. The number of ether oxygens (including phenoxy) is 1. The minimum Gasteiger partial charge on any atom is -0.494 e. The van der Waals surface area contributed by atoms with Crippen molar-refractivity contribution in [1.82, 2.24) is 4.90 Å². The highest BCUT2D eigenvalue weighted by Gasteiger charge is 1.97. The third-order valence-corrected chi connectivity index (χ3v) is 2.31. The van der Waals surface area contributed by atoms with Gasteiger partial charge in [-0.05, 0) is 37.7 Å². The summed E-state index contributed by atoms with van der Waals surface area (Å²) in [5, 5.41) is 8.71. The van der Waals surface area contributed by atoms with Crippen molar-refractivity contribution >= 4 is 5.69 Å². The third kappa shape index (κ3) is 5.00. The number of hydrogen-bond acceptors (Lipinski definition) is 4. The summed E-state index contributed by atoms with van der Waals surface area (Å²) < 4.78 is 5.54. The summed E-state index contributed by atoms with van der Waals surface area (Å²) >= 11 is 0. The molecule has 0 radical (unpaired) electrons. The van der Waals surface area contributed by atoms with Crippen LogP contribution in [-0.2, 0) is 0 Å². The molecule has 0 unspecified atom stereocenters. The van der Waals surface area contributed by atoms with E-state index in [9.17, 15) is 0 Å². The number of aliphatic hydroxyl groups is 1. The fourth-order valence-electron chi connectivity index (χ4n) is 1.37. The van der Waals surface area contributed by atoms with Crippen LogP contribution >= 0.6 is 0 Å². The lowest BCUT2D eigenvalue weighted by Crippen LogP contribution is -2.24. The molecule has 0 fully saturated rings. The van der Waals surface area contributed by atoms with E-state index >= 15 is 0 Å². The number of rotatable bonds is 7. The normalized spacial score (nSPS) is 10.7. The molecule has 0 bridgehead atoms. The highest BCUT2D eigenvalue weighted by Crippen LogP contribution is 2.13. The minimum atomic E-state index is 0.204. The van der Waals surface area contributed by atoms with Crippen LogP contribution < -0.4 is 10.5 Å². The zero-order valence-corrected chi connectivity index (χ0v) is 9.72. The quantitative estimate of drug-likeness (QED) is 0.535. The number of anilines is 1. The van der Waals surface area contributed by atoms with Crippen molar-refractivity contribution in [2.45, 2.75) is 6.42 Å². The molecule has 4 heteroatoms. The van der Waals surface area contributed by atoms with Gasteiger partial charge < -0.3 is 20.5 Å². The molecule has 0 aromatic heterocycles. The standard InChI is InChI=1S/C12H20N2O2/c1-14(8-9-15)7-2-10-16-12-5-3-11(13)4-6-12/h3-6,15H,2,7-10,13H2,1H3. The molecule has 16 heavy (non-hydrogen) atoms. The molecule has 1 rings (SSSR count). The molecule has 1 aromatic carbocycles. The van der Waals surface area contributed by atoms with E-state index in [-0.39, 0.29) is 6.61 Å². The summed E-state index contributed by atoms with van der Waals surface area (Å²) in [6.45, 7) is 2.52. The second kappa shape index (κ2) is 7.09. The summed E-state index contributed by atoms with van der Waals surface area (Å²) in [7, 11) is 1.99. The zero-order chi connectivity index (χ0) is 11.8. The summed E-state index contributed by atoms with van der Waals surface area (Å²) in [5.74, 6) is 0.846. The van der Waals surface area contributed by atoms with Crippen molar-refractivity contribution < 1.29 is 9.84 Å². The summed E-state index contributed by atoms with van der Waals surface area (Å²) in [6, 6.07) is 7.39. The van der Waals surface area contributed by atoms with Gasteiger partial charge in [0.1, 0.15) is 5.75 Å². The molecule has 1 aromatic rings. The van der Waals surface area contributed by atoms with Crippen LogP contribution in [0.5, 0.6) is 5.75 Å². The van der Waals surface area contributed by atoms with E-state index in [0.29, 0.717) is 13.2 Å². The molecular weight excluding hydrogens is 204 g/mol. The van der Waals surface area contributed by atoms with E-state index in [0.717, 1.165) is 24.4 Å². The molecule has 0 saturated heterocycles. The molecule has 0 spiro atoms. The van der Waals surface area contributed by atoms with E-state index in [2.05, 4.69) is 4.90 Å². The Balaban J connectivity index is 2.13. The second-order valence-corrected chi connectivity index (χ2v) is 3.80. The highest BCUT2D eigenvalue weighted by molar-refractivity contribution is 5.41. The zero-order valence-electron chi connectivity index (χ0n) is 9.72. The first-order valence-corrected chi connectivity index (χ1v) is 5.50. The van der Waals surface area contributed by atoms with Gasteiger partial charge in [-0.2, -0.15) is 0 Å². The lowest BCUT2D eigenvalue weighted by atomic mass is 10.3. The second-order valence-electron chi connectivity index (χ2n) is 3.80. The van der Waals surface area contributed by atoms with Crippen molar-refractivity contribution in [3.05, 3.63) is 24.3 Å². The van der Waals surface area contributed by atoms with E-state index in [1.165, 1.54) is 0 Å². The van der Waals surface area contributed by atoms with E-state index < -0.39 is 0 Å². The van der Waals surface area contributed by atoms with E-state index in [1.807, 2.05) is 31.3 Å². The molecule has 0 aliphatic rings. The van der Waals surface area contributed by atoms with Crippen LogP contribution in [0.25, 0.3) is 0 Å². The number of hydrogen-bond donors (Lipinski definition) is 2. The topological polar surface area (TPSA) is 58.7 Å². The van der Waals surface area contributed by atoms with Gasteiger partial charge in [0.15, 0.2) is 0 Å². The lowest BCUT2D eigenvalue weighted by molar-refractivity contribution is 0.207. The predicted molar refractivity (Wildman–Crippen MR) is 65.5 cm³/mol. The Morgan fingerprint density at radius 1 is 1.25 bits per heavy atom. The summed E-state index contributed by atoms with van der Waals surface area (Å²) in [6.07, 6.45) is 0.945. The Labute approximate surface area is 96.6 Å². The maximum absolute atomic E-state index is 8.71. The predicted octanol–water partition coefficient (Wildman–Crippen LogP) is 0.962. The van der Waals surface area contributed by atoms with Crippen LogP contribution in [0.2, 0.25) is 0 Å². The Kier molecular flexibility index (Phi) is 5.67. The van der Waals surface area contributed by atoms with Gasteiger partial charge in [0.05, 0.1) is 13.2 Å². The molecular formula is C12H20N2O2. The number of aliphatic hydroxyl groups excluding tert-OH is 1. The molecule has 0 aliphatic heterocycles. The van der Waals surface area contributed by atoms with Crippen molar-refractivity contribution in [3.63, 3.8) is 0 Å². The van der Waals surface area contributed by atoms with Crippen molar-refractivity contribution in [2.75, 3.05) is 39.1 Å². The van der Waals surface area contributed by atoms with E-state index in [4.69, 9.17) is 15.6 Å². The first-order chi connectivity index (χ1) is 7.72. The first-order valence-electron chi connectivity index (χ1n) is 5.50. The molecule has 0 saturated carbocycles. The number of benzene rings is 1. The van der Waals surface area contributed by atoms with Gasteiger partial charge in [0, 0.05) is 18.8 Å². The van der Waals surface area contributed by atoms with Crippen LogP contribution in [0.15, 0.2) is 24.3 Å². The fraction of sp³-hybridized carbons (Fsp3) is 0.500. The average Bonchev–Trinajstić information content (AvgIpc) is 2.27. The fourth-order valence-corrected chi connectivity index (χ4v) is 1.37. The van der Waals surface area contributed by atoms with E-state index in [1.54, 1.807) is 0 Å². The average molecular weight is 224 g/mol. The van der Waals surface area contributed by atoms with Gasteiger partial charge in [-0.25, -0.2) is 0 Å². The molecule has 0 heterocycles. The van der Waals surface area contributed by atoms with Gasteiger partial charge >= 0.3 is 0 Å². The maximum atomic E-state index is 8.71. The van der Waals surface area contributed by atoms with Crippen molar-refractivity contribution in [3.8, 4) is 5.75 Å². The lowest BCUT2D eigenvalue weighted by Gasteiger charge is -2.14. The van der Waals surface area contributed by atoms with Gasteiger partial charge in [0.25, 0.3) is 0 Å². The van der Waals surface area contributed by atoms with Crippen LogP contribution in [-0.4, -0.2) is 43.4 Å². The number of nitrogens with zero attached hydrogens (tertiary/aromatic N) is 1. The number of nitrogens with two attached hydrogens (primary N) is 1. The van der Waals surface area contributed by atoms with Gasteiger partial charge in [0.2, 0.25) is 0 Å². The molecule has 0 aliphatic carbocycles. The van der Waals surface area contributed by atoms with Crippen molar-refractivity contribution in [2.24, 2.45) is 0 Å². The molecule has 0 amide bonds. The SMILES string of the molecule is CN(CCO)CCCOc1ccc(N)cc1. The maximum Gasteiger partial charge on any atom is 0.119 e. The minimum absolute atomic E-state index is 0.204. The van der Waals surface area contributed by atoms with Crippen LogP contribution in [0.4, 0.5) is 5.69 Å². The first kappa shape index (κ1) is 12.8. The Morgan fingerprint density at radius 2 is 1.94 bits per heavy atom. The molecule has 0 atom stereocenters. The summed E-state index contributed by atoms with van der Waals surface area (Å²) in [5.41, 5.74) is 6.31. The largest absolute Gasteiger partial charge is 0.494 e. The summed E-state index contributed by atoms with van der Waals surface area (Å²) in [4.78, 5) is 2.08. The molecule has 3 N–H and O–H groups in total. The van der Waals surface area contributed by atoms with Gasteiger partial charge in [-0.3, -0.25) is 0 Å². The van der Waals surface area contributed by atoms with Crippen molar-refractivity contribution in [1.29, 1.82) is 0 Å². The Morgan fingerprint density at radius 3 is 2.56 bits per heavy atom. The van der Waals surface area contributed by atoms with Crippen LogP contribution in [0.3, 0.4) is 0 Å².